The van der Waals surface area contributed by atoms with Gasteiger partial charge in [-0.2, -0.15) is 0 Å². The molecule has 0 bridgehead atoms. The number of rotatable bonds is 2. The zero-order chi connectivity index (χ0) is 13.1. The highest BCUT2D eigenvalue weighted by atomic mass is 35.5. The quantitative estimate of drug-likeness (QED) is 0.905. The molecule has 0 atom stereocenters. The van der Waals surface area contributed by atoms with E-state index >= 15 is 0 Å². The van der Waals surface area contributed by atoms with Gasteiger partial charge in [-0.3, -0.25) is 9.78 Å². The monoisotopic (exact) mass is 280 g/mol. The Balaban J connectivity index is 2.27. The van der Waals surface area contributed by atoms with Gasteiger partial charge >= 0.3 is 0 Å². The van der Waals surface area contributed by atoms with E-state index in [2.05, 4.69) is 10.3 Å². The third-order valence-corrected chi connectivity index (χ3v) is 3.01. The predicted molar refractivity (Wildman–Crippen MR) is 73.4 cm³/mol. The van der Waals surface area contributed by atoms with Gasteiger partial charge in [-0.1, -0.05) is 23.2 Å². The Labute approximate surface area is 115 Å². The highest BCUT2D eigenvalue weighted by molar-refractivity contribution is 6.35. The number of aromatic nitrogens is 1. The molecule has 1 heterocycles. The highest BCUT2D eigenvalue weighted by Gasteiger charge is 2.11. The van der Waals surface area contributed by atoms with E-state index in [4.69, 9.17) is 23.2 Å². The van der Waals surface area contributed by atoms with Crippen LogP contribution in [0.5, 0.6) is 0 Å². The number of aryl methyl sites for hydroxylation is 1. The van der Waals surface area contributed by atoms with Gasteiger partial charge in [0.1, 0.15) is 0 Å². The molecule has 0 spiro atoms. The number of hydrogen-bond acceptors (Lipinski definition) is 2. The summed E-state index contributed by atoms with van der Waals surface area (Å²) in [5.74, 6) is -0.237. The number of pyridine rings is 1. The standard InChI is InChI=1S/C13H10Cl2N2O/c1-8-7-16-5-4-10(8)13(18)17-12-6-9(14)2-3-11(12)15/h2-7H,1H3,(H,17,18). The van der Waals surface area contributed by atoms with Crippen molar-refractivity contribution in [1.82, 2.24) is 4.98 Å². The van der Waals surface area contributed by atoms with Crippen LogP contribution in [0.4, 0.5) is 5.69 Å². The lowest BCUT2D eigenvalue weighted by atomic mass is 10.1. The number of nitrogens with zero attached hydrogens (tertiary/aromatic N) is 1. The van der Waals surface area contributed by atoms with Gasteiger partial charge in [0, 0.05) is 23.0 Å². The van der Waals surface area contributed by atoms with E-state index in [0.29, 0.717) is 21.3 Å². The molecule has 2 rings (SSSR count). The van der Waals surface area contributed by atoms with Crippen molar-refractivity contribution in [2.75, 3.05) is 5.32 Å². The summed E-state index contributed by atoms with van der Waals surface area (Å²) in [6, 6.07) is 6.57. The minimum atomic E-state index is -0.237. The van der Waals surface area contributed by atoms with Crippen LogP contribution in [0.2, 0.25) is 10.0 Å². The van der Waals surface area contributed by atoms with Crippen LogP contribution >= 0.6 is 23.2 Å². The van der Waals surface area contributed by atoms with E-state index < -0.39 is 0 Å². The number of carbonyl (C=O) groups is 1. The summed E-state index contributed by atoms with van der Waals surface area (Å²) >= 11 is 11.8. The first-order chi connectivity index (χ1) is 8.58. The number of amides is 1. The molecule has 2 aromatic rings. The fourth-order valence-corrected chi connectivity index (χ4v) is 1.85. The molecule has 0 aliphatic carbocycles. The molecule has 1 aromatic carbocycles. The van der Waals surface area contributed by atoms with Crippen molar-refractivity contribution >= 4 is 34.8 Å². The van der Waals surface area contributed by atoms with E-state index in [1.807, 2.05) is 6.92 Å². The van der Waals surface area contributed by atoms with E-state index in [1.54, 1.807) is 36.7 Å². The van der Waals surface area contributed by atoms with Gasteiger partial charge in [-0.05, 0) is 36.8 Å². The van der Waals surface area contributed by atoms with Crippen molar-refractivity contribution in [3.8, 4) is 0 Å². The summed E-state index contributed by atoms with van der Waals surface area (Å²) in [5, 5.41) is 3.68. The maximum Gasteiger partial charge on any atom is 0.256 e. The molecule has 0 unspecified atom stereocenters. The van der Waals surface area contributed by atoms with Gasteiger partial charge in [0.25, 0.3) is 5.91 Å². The molecule has 1 N–H and O–H groups in total. The number of nitrogens with one attached hydrogen (secondary N) is 1. The number of anilines is 1. The summed E-state index contributed by atoms with van der Waals surface area (Å²) in [6.45, 7) is 1.82. The molecule has 5 heteroatoms. The van der Waals surface area contributed by atoms with E-state index in [0.717, 1.165) is 5.56 Å². The van der Waals surface area contributed by atoms with Crippen molar-refractivity contribution in [3.63, 3.8) is 0 Å². The number of benzene rings is 1. The molecule has 1 aromatic heterocycles. The van der Waals surface area contributed by atoms with Crippen LogP contribution in [0.15, 0.2) is 36.7 Å². The molecule has 3 nitrogen and oxygen atoms in total. The molecule has 92 valence electrons. The van der Waals surface area contributed by atoms with Gasteiger partial charge in [0.05, 0.1) is 10.7 Å². The van der Waals surface area contributed by atoms with Crippen LogP contribution in [0.25, 0.3) is 0 Å². The molecule has 0 radical (unpaired) electrons. The summed E-state index contributed by atoms with van der Waals surface area (Å²) in [7, 11) is 0. The van der Waals surface area contributed by atoms with Crippen LogP contribution in [0.1, 0.15) is 15.9 Å². The Morgan fingerprint density at radius 1 is 1.28 bits per heavy atom. The van der Waals surface area contributed by atoms with Crippen molar-refractivity contribution in [1.29, 1.82) is 0 Å². The molecule has 1 amide bonds. The van der Waals surface area contributed by atoms with Gasteiger partial charge < -0.3 is 5.32 Å². The van der Waals surface area contributed by atoms with Gasteiger partial charge in [0.15, 0.2) is 0 Å². The minimum Gasteiger partial charge on any atom is -0.321 e. The van der Waals surface area contributed by atoms with Crippen LogP contribution in [0.3, 0.4) is 0 Å². The first kappa shape index (κ1) is 12.9. The van der Waals surface area contributed by atoms with Crippen LogP contribution in [0, 0.1) is 6.92 Å². The first-order valence-electron chi connectivity index (χ1n) is 5.25. The van der Waals surface area contributed by atoms with Crippen molar-refractivity contribution in [3.05, 3.63) is 57.8 Å². The molecule has 0 aliphatic rings. The highest BCUT2D eigenvalue weighted by Crippen LogP contribution is 2.26. The third kappa shape index (κ3) is 2.81. The summed E-state index contributed by atoms with van der Waals surface area (Å²) in [5.41, 5.74) is 1.85. The fourth-order valence-electron chi connectivity index (χ4n) is 1.51. The molecule has 0 fully saturated rings. The second kappa shape index (κ2) is 5.38. The number of carbonyl (C=O) groups excluding carboxylic acids is 1. The van der Waals surface area contributed by atoms with Crippen molar-refractivity contribution in [2.24, 2.45) is 0 Å². The van der Waals surface area contributed by atoms with Gasteiger partial charge in [-0.25, -0.2) is 0 Å². The zero-order valence-corrected chi connectivity index (χ0v) is 11.1. The second-order valence-electron chi connectivity index (χ2n) is 3.77. The molecule has 0 saturated carbocycles. The largest absolute Gasteiger partial charge is 0.321 e. The second-order valence-corrected chi connectivity index (χ2v) is 4.61. The summed E-state index contributed by atoms with van der Waals surface area (Å²) in [6.07, 6.45) is 3.20. The average molecular weight is 281 g/mol. The molecule has 0 aliphatic heterocycles. The smallest absolute Gasteiger partial charge is 0.256 e. The molecule has 0 saturated heterocycles. The maximum absolute atomic E-state index is 12.1. The summed E-state index contributed by atoms with van der Waals surface area (Å²) < 4.78 is 0. The number of hydrogen-bond donors (Lipinski definition) is 1. The van der Waals surface area contributed by atoms with Crippen molar-refractivity contribution < 1.29 is 4.79 Å². The summed E-state index contributed by atoms with van der Waals surface area (Å²) in [4.78, 5) is 16.0. The minimum absolute atomic E-state index is 0.237. The average Bonchev–Trinajstić information content (AvgIpc) is 2.34. The lowest BCUT2D eigenvalue weighted by Gasteiger charge is -2.09. The third-order valence-electron chi connectivity index (χ3n) is 2.44. The van der Waals surface area contributed by atoms with Crippen LogP contribution in [-0.4, -0.2) is 10.9 Å². The molecule has 18 heavy (non-hydrogen) atoms. The lowest BCUT2D eigenvalue weighted by molar-refractivity contribution is 0.102. The Bertz CT molecular complexity index is 599. The number of halogens is 2. The Morgan fingerprint density at radius 3 is 2.78 bits per heavy atom. The van der Waals surface area contributed by atoms with E-state index in [1.165, 1.54) is 0 Å². The molecular formula is C13H10Cl2N2O. The van der Waals surface area contributed by atoms with Crippen LogP contribution < -0.4 is 5.32 Å². The van der Waals surface area contributed by atoms with Gasteiger partial charge in [0.2, 0.25) is 0 Å². The predicted octanol–water partition coefficient (Wildman–Crippen LogP) is 3.95. The maximum atomic E-state index is 12.1. The molecular weight excluding hydrogens is 271 g/mol. The fraction of sp³-hybridized carbons (Fsp3) is 0.0769. The lowest BCUT2D eigenvalue weighted by Crippen LogP contribution is -2.13. The van der Waals surface area contributed by atoms with E-state index in [-0.39, 0.29) is 5.91 Å². The first-order valence-corrected chi connectivity index (χ1v) is 6.00. The zero-order valence-electron chi connectivity index (χ0n) is 9.58. The SMILES string of the molecule is Cc1cnccc1C(=O)Nc1cc(Cl)ccc1Cl. The Morgan fingerprint density at radius 2 is 2.06 bits per heavy atom. The van der Waals surface area contributed by atoms with Crippen molar-refractivity contribution in [2.45, 2.75) is 6.92 Å². The Kier molecular flexibility index (Phi) is 3.84. The van der Waals surface area contributed by atoms with E-state index in [9.17, 15) is 4.79 Å². The van der Waals surface area contributed by atoms with Crippen LogP contribution in [-0.2, 0) is 0 Å². The topological polar surface area (TPSA) is 42.0 Å². The Hall–Kier alpha value is -1.58. The van der Waals surface area contributed by atoms with Gasteiger partial charge in [-0.15, -0.1) is 0 Å². The normalized spacial score (nSPS) is 10.2.